The third-order valence-electron chi connectivity index (χ3n) is 10.2. The van der Waals surface area contributed by atoms with Gasteiger partial charge in [-0.1, -0.05) is 66.7 Å². The van der Waals surface area contributed by atoms with E-state index in [1.165, 1.54) is 17.0 Å². The first kappa shape index (κ1) is 33.9. The van der Waals surface area contributed by atoms with E-state index in [-0.39, 0.29) is 52.6 Å². The highest BCUT2D eigenvalue weighted by Gasteiger charge is 2.70. The number of rotatable bonds is 11. The smallest absolute Gasteiger partial charge is 0.316 e. The fourth-order valence-electron chi connectivity index (χ4n) is 6.85. The molecule has 3 saturated carbocycles. The van der Waals surface area contributed by atoms with Gasteiger partial charge in [-0.2, -0.15) is 0 Å². The molecule has 1 aromatic carbocycles. The summed E-state index contributed by atoms with van der Waals surface area (Å²) in [6, 6.07) is 4.29. The van der Waals surface area contributed by atoms with Gasteiger partial charge in [-0.25, -0.2) is 17.9 Å². The predicted octanol–water partition coefficient (Wildman–Crippen LogP) is 2.34. The summed E-state index contributed by atoms with van der Waals surface area (Å²) in [7, 11) is -4.15. The normalized spacial score (nSPS) is 25.5. The highest BCUT2D eigenvalue weighted by molar-refractivity contribution is 7.90. The molecule has 0 radical (unpaired) electrons. The predicted molar refractivity (Wildman–Crippen MR) is 169 cm³/mol. The quantitative estimate of drug-likeness (QED) is 0.283. The van der Waals surface area contributed by atoms with E-state index < -0.39 is 62.9 Å². The van der Waals surface area contributed by atoms with Crippen LogP contribution in [0.3, 0.4) is 0 Å². The van der Waals surface area contributed by atoms with Gasteiger partial charge >= 0.3 is 6.03 Å². The number of piperidine rings is 1. The molecule has 1 aromatic rings. The van der Waals surface area contributed by atoms with Gasteiger partial charge in [-0.15, -0.1) is 0 Å². The third kappa shape index (κ3) is 6.52. The Bertz CT molecular complexity index is 1530. The molecule has 5 amide bonds. The van der Waals surface area contributed by atoms with Gasteiger partial charge in [-0.05, 0) is 66.4 Å². The fraction of sp³-hybridized carbons (Fsp3) is 0.667. The number of urea groups is 1. The lowest BCUT2D eigenvalue weighted by molar-refractivity contribution is -0.144. The molecule has 4 fully saturated rings. The van der Waals surface area contributed by atoms with Crippen LogP contribution in [-0.2, 0) is 29.2 Å². The second kappa shape index (κ2) is 11.6. The minimum absolute atomic E-state index is 0.00278. The molecule has 13 heteroatoms. The standard InChI is InChI=1S/C33H47N5O7S/c1-18(2)23(25(39)19-13-14-19)34-30(43)35-26(31(3,4)5)28(41)38-17-21-22(32(21,6)7)24(38)27(40)36-33(15-16-33)29(42)37-46(44,45)20-11-9-8-10-12-20/h8-12,18-19,21-24,26H,13-17H2,1-7H3,(H,36,40)(H,37,42)(H2,34,35,43)/t21?,22?,23?,24-,26+/m0/s1. The highest BCUT2D eigenvalue weighted by atomic mass is 32.2. The average molecular weight is 658 g/mol. The summed E-state index contributed by atoms with van der Waals surface area (Å²) in [5.74, 6) is -2.06. The molecule has 252 valence electrons. The van der Waals surface area contributed by atoms with E-state index in [1.54, 1.807) is 18.2 Å². The fourth-order valence-corrected chi connectivity index (χ4v) is 7.92. The van der Waals surface area contributed by atoms with Crippen molar-refractivity contribution < 1.29 is 32.4 Å². The number of hydrogen-bond donors (Lipinski definition) is 4. The molecule has 4 N–H and O–H groups in total. The van der Waals surface area contributed by atoms with Crippen LogP contribution in [0.4, 0.5) is 4.79 Å². The van der Waals surface area contributed by atoms with Crippen molar-refractivity contribution >= 4 is 39.6 Å². The van der Waals surface area contributed by atoms with Crippen LogP contribution in [0.1, 0.15) is 74.1 Å². The number of amides is 5. The number of carbonyl (C=O) groups excluding carboxylic acids is 5. The van der Waals surface area contributed by atoms with Crippen LogP contribution in [0.2, 0.25) is 0 Å². The third-order valence-corrected chi connectivity index (χ3v) is 11.6. The highest BCUT2D eigenvalue weighted by Crippen LogP contribution is 2.65. The maximum absolute atomic E-state index is 14.2. The van der Waals surface area contributed by atoms with Crippen molar-refractivity contribution in [3.05, 3.63) is 30.3 Å². The van der Waals surface area contributed by atoms with Crippen molar-refractivity contribution in [2.75, 3.05) is 6.54 Å². The number of nitrogens with zero attached hydrogens (tertiary/aromatic N) is 1. The first-order chi connectivity index (χ1) is 21.3. The van der Waals surface area contributed by atoms with Crippen molar-refractivity contribution in [3.63, 3.8) is 0 Å². The first-order valence-corrected chi connectivity index (χ1v) is 17.6. The molecule has 46 heavy (non-hydrogen) atoms. The van der Waals surface area contributed by atoms with Crippen molar-refractivity contribution in [2.45, 2.75) is 103 Å². The number of nitrogens with one attached hydrogen (secondary N) is 4. The molecule has 5 rings (SSSR count). The van der Waals surface area contributed by atoms with Crippen LogP contribution < -0.4 is 20.7 Å². The lowest BCUT2D eigenvalue weighted by Crippen LogP contribution is -2.62. The minimum Gasteiger partial charge on any atom is -0.340 e. The van der Waals surface area contributed by atoms with Gasteiger partial charge in [0.05, 0.1) is 10.9 Å². The maximum atomic E-state index is 14.2. The van der Waals surface area contributed by atoms with E-state index in [2.05, 4.69) is 20.7 Å². The number of benzene rings is 1. The Morgan fingerprint density at radius 2 is 1.57 bits per heavy atom. The SMILES string of the molecule is CC(C)C(NC(=O)N[C@H](C(=O)N1CC2C([C@H]1C(=O)NC1(C(=O)NS(=O)(=O)c3ccccc3)CC1)C2(C)C)C(C)(C)C)C(=O)C1CC1. The molecule has 1 saturated heterocycles. The zero-order valence-corrected chi connectivity index (χ0v) is 28.5. The summed E-state index contributed by atoms with van der Waals surface area (Å²) in [4.78, 5) is 68.9. The molecule has 0 aromatic heterocycles. The summed E-state index contributed by atoms with van der Waals surface area (Å²) in [6.45, 7) is 13.6. The Morgan fingerprint density at radius 1 is 0.957 bits per heavy atom. The molecule has 3 aliphatic carbocycles. The van der Waals surface area contributed by atoms with Crippen molar-refractivity contribution in [1.82, 2.24) is 25.6 Å². The molecule has 3 unspecified atom stereocenters. The molecule has 4 aliphatic rings. The summed E-state index contributed by atoms with van der Waals surface area (Å²) >= 11 is 0. The average Bonchev–Trinajstić information content (AvgIpc) is 3.92. The Balaban J connectivity index is 1.31. The summed E-state index contributed by atoms with van der Waals surface area (Å²) < 4.78 is 27.8. The van der Waals surface area contributed by atoms with Crippen molar-refractivity contribution in [1.29, 1.82) is 0 Å². The Kier molecular flexibility index (Phi) is 8.57. The number of fused-ring (bicyclic) bond motifs is 1. The van der Waals surface area contributed by atoms with Crippen LogP contribution in [0, 0.1) is 34.5 Å². The lowest BCUT2D eigenvalue weighted by atomic mass is 9.85. The second-order valence-electron chi connectivity index (χ2n) is 15.5. The Hall–Kier alpha value is -3.48. The van der Waals surface area contributed by atoms with E-state index in [9.17, 15) is 32.4 Å². The van der Waals surface area contributed by atoms with Gasteiger partial charge in [0.25, 0.3) is 15.9 Å². The lowest BCUT2D eigenvalue weighted by Gasteiger charge is -2.38. The van der Waals surface area contributed by atoms with Crippen LogP contribution >= 0.6 is 0 Å². The Morgan fingerprint density at radius 3 is 2.09 bits per heavy atom. The molecule has 0 spiro atoms. The van der Waals surface area contributed by atoms with Crippen LogP contribution in [0.25, 0.3) is 0 Å². The van der Waals surface area contributed by atoms with E-state index in [1.807, 2.05) is 48.5 Å². The van der Waals surface area contributed by atoms with E-state index in [0.717, 1.165) is 12.8 Å². The van der Waals surface area contributed by atoms with Crippen molar-refractivity contribution in [3.8, 4) is 0 Å². The molecule has 1 heterocycles. The molecule has 1 aliphatic heterocycles. The van der Waals surface area contributed by atoms with Crippen LogP contribution in [0.5, 0.6) is 0 Å². The van der Waals surface area contributed by atoms with Crippen LogP contribution in [-0.4, -0.2) is 73.1 Å². The van der Waals surface area contributed by atoms with Gasteiger partial charge in [0, 0.05) is 12.5 Å². The number of likely N-dealkylation sites (tertiary alicyclic amines) is 1. The topological polar surface area (TPSA) is 171 Å². The number of carbonyl (C=O) groups is 5. The molecule has 5 atom stereocenters. The number of sulfonamides is 1. The largest absolute Gasteiger partial charge is 0.340 e. The summed E-state index contributed by atoms with van der Waals surface area (Å²) in [6.07, 6.45) is 2.15. The van der Waals surface area contributed by atoms with E-state index >= 15 is 0 Å². The monoisotopic (exact) mass is 657 g/mol. The van der Waals surface area contributed by atoms with Gasteiger partial charge in [-0.3, -0.25) is 19.2 Å². The molecular formula is C33H47N5O7S. The van der Waals surface area contributed by atoms with Gasteiger partial charge in [0.2, 0.25) is 11.8 Å². The zero-order valence-electron chi connectivity index (χ0n) is 27.7. The molecule has 12 nitrogen and oxygen atoms in total. The number of hydrogen-bond acceptors (Lipinski definition) is 7. The van der Waals surface area contributed by atoms with Gasteiger partial charge in [0.15, 0.2) is 5.78 Å². The number of Topliss-reactive ketones (excluding diaryl/α,β-unsaturated/α-hetero) is 1. The second-order valence-corrected chi connectivity index (χ2v) is 17.2. The van der Waals surface area contributed by atoms with Crippen molar-refractivity contribution in [2.24, 2.45) is 34.5 Å². The Labute approximate surface area is 271 Å². The summed E-state index contributed by atoms with van der Waals surface area (Å²) in [5.41, 5.74) is -2.36. The first-order valence-electron chi connectivity index (χ1n) is 16.2. The van der Waals surface area contributed by atoms with Gasteiger partial charge < -0.3 is 20.9 Å². The minimum atomic E-state index is -4.15. The summed E-state index contributed by atoms with van der Waals surface area (Å²) in [5, 5.41) is 8.40. The maximum Gasteiger partial charge on any atom is 0.316 e. The van der Waals surface area contributed by atoms with E-state index in [4.69, 9.17) is 0 Å². The van der Waals surface area contributed by atoms with E-state index in [0.29, 0.717) is 6.54 Å². The van der Waals surface area contributed by atoms with Gasteiger partial charge in [0.1, 0.15) is 17.6 Å². The number of ketones is 1. The molecular weight excluding hydrogens is 610 g/mol. The molecule has 0 bridgehead atoms. The zero-order chi connectivity index (χ0) is 34.0. The van der Waals surface area contributed by atoms with Crippen LogP contribution in [0.15, 0.2) is 35.2 Å².